The monoisotopic (exact) mass is 144 g/mol. The van der Waals surface area contributed by atoms with E-state index in [1.165, 1.54) is 0 Å². The molecular weight excluding hydrogens is 132 g/mol. The van der Waals surface area contributed by atoms with Crippen LogP contribution in [0.1, 0.15) is 6.92 Å². The molecule has 0 bridgehead atoms. The summed E-state index contributed by atoms with van der Waals surface area (Å²) < 4.78 is 0. The zero-order chi connectivity index (χ0) is 7.72. The second kappa shape index (κ2) is 2.56. The highest BCUT2D eigenvalue weighted by molar-refractivity contribution is 5.87. The van der Waals surface area contributed by atoms with E-state index in [9.17, 15) is 4.79 Å². The fourth-order valence-electron chi connectivity index (χ4n) is 0.976. The molecule has 1 fully saturated rings. The van der Waals surface area contributed by atoms with E-state index in [1.807, 2.05) is 0 Å². The summed E-state index contributed by atoms with van der Waals surface area (Å²) in [5.74, 6) is -0.0541. The molecule has 2 atom stereocenters. The van der Waals surface area contributed by atoms with Crippen molar-refractivity contribution in [2.75, 3.05) is 13.2 Å². The maximum atomic E-state index is 10.9. The van der Waals surface area contributed by atoms with Crippen LogP contribution in [0.5, 0.6) is 0 Å². The number of nitrogens with two attached hydrogens (primary N) is 1. The van der Waals surface area contributed by atoms with Gasteiger partial charge in [-0.2, -0.15) is 0 Å². The quantitative estimate of drug-likeness (QED) is 0.465. The lowest BCUT2D eigenvalue weighted by Gasteiger charge is -2.39. The van der Waals surface area contributed by atoms with Gasteiger partial charge >= 0.3 is 0 Å². The molecule has 1 heterocycles. The second-order valence-electron chi connectivity index (χ2n) is 2.63. The fraction of sp³-hybridized carbons (Fsp3) is 0.833. The standard InChI is InChI=1S/C6H12N2O2/c1-4(3-9)8-2-5(7)6(8)10/h4-5,9H,2-3,7H2,1H3. The second-order valence-corrected chi connectivity index (χ2v) is 2.63. The number of amides is 1. The Morgan fingerprint density at radius 1 is 2.00 bits per heavy atom. The highest BCUT2D eigenvalue weighted by Gasteiger charge is 2.35. The van der Waals surface area contributed by atoms with E-state index in [0.29, 0.717) is 6.54 Å². The molecule has 58 valence electrons. The predicted octanol–water partition coefficient (Wildman–Crippen LogP) is -1.46. The summed E-state index contributed by atoms with van der Waals surface area (Å²) in [7, 11) is 0. The molecule has 4 heteroatoms. The number of likely N-dealkylation sites (tertiary alicyclic amines) is 1. The molecule has 10 heavy (non-hydrogen) atoms. The van der Waals surface area contributed by atoms with Gasteiger partial charge in [0.05, 0.1) is 12.6 Å². The summed E-state index contributed by atoms with van der Waals surface area (Å²) in [6.45, 7) is 2.39. The van der Waals surface area contributed by atoms with Crippen LogP contribution in [0.4, 0.5) is 0 Å². The molecule has 2 unspecified atom stereocenters. The number of carbonyl (C=O) groups excluding carboxylic acids is 1. The van der Waals surface area contributed by atoms with Crippen LogP contribution >= 0.6 is 0 Å². The van der Waals surface area contributed by atoms with Crippen molar-refractivity contribution < 1.29 is 9.90 Å². The Balaban J connectivity index is 2.40. The number of hydrogen-bond acceptors (Lipinski definition) is 3. The third kappa shape index (κ3) is 0.998. The van der Waals surface area contributed by atoms with Gasteiger partial charge in [-0.25, -0.2) is 0 Å². The van der Waals surface area contributed by atoms with Gasteiger partial charge in [-0.3, -0.25) is 4.79 Å². The summed E-state index contributed by atoms with van der Waals surface area (Å²) in [5.41, 5.74) is 5.33. The van der Waals surface area contributed by atoms with Crippen LogP contribution in [0.2, 0.25) is 0 Å². The molecule has 1 saturated heterocycles. The Bertz CT molecular complexity index is 149. The van der Waals surface area contributed by atoms with E-state index < -0.39 is 0 Å². The van der Waals surface area contributed by atoms with Crippen molar-refractivity contribution >= 4 is 5.91 Å². The lowest BCUT2D eigenvalue weighted by atomic mass is 10.1. The molecule has 0 aliphatic carbocycles. The number of carbonyl (C=O) groups is 1. The van der Waals surface area contributed by atoms with E-state index in [4.69, 9.17) is 10.8 Å². The topological polar surface area (TPSA) is 66.6 Å². The van der Waals surface area contributed by atoms with Crippen molar-refractivity contribution in [1.82, 2.24) is 4.90 Å². The molecule has 1 aliphatic heterocycles. The van der Waals surface area contributed by atoms with Gasteiger partial charge in [-0.15, -0.1) is 0 Å². The molecule has 0 saturated carbocycles. The highest BCUT2D eigenvalue weighted by Crippen LogP contribution is 2.11. The van der Waals surface area contributed by atoms with Gasteiger partial charge in [-0.05, 0) is 6.92 Å². The Labute approximate surface area is 59.6 Å². The third-order valence-electron chi connectivity index (χ3n) is 1.79. The average Bonchev–Trinajstić information content (AvgIpc) is 1.98. The van der Waals surface area contributed by atoms with Crippen molar-refractivity contribution in [2.24, 2.45) is 5.73 Å². The minimum atomic E-state index is -0.325. The van der Waals surface area contributed by atoms with Crippen molar-refractivity contribution in [3.8, 4) is 0 Å². The van der Waals surface area contributed by atoms with Gasteiger partial charge in [0.1, 0.15) is 6.04 Å². The number of hydrogen-bond donors (Lipinski definition) is 2. The van der Waals surface area contributed by atoms with E-state index in [1.54, 1.807) is 11.8 Å². The van der Waals surface area contributed by atoms with Crippen molar-refractivity contribution in [2.45, 2.75) is 19.0 Å². The number of rotatable bonds is 2. The van der Waals surface area contributed by atoms with Crippen LogP contribution in [0.3, 0.4) is 0 Å². The van der Waals surface area contributed by atoms with Crippen LogP contribution in [0.15, 0.2) is 0 Å². The van der Waals surface area contributed by atoms with Crippen molar-refractivity contribution in [3.05, 3.63) is 0 Å². The number of nitrogens with zero attached hydrogens (tertiary/aromatic N) is 1. The first-order valence-corrected chi connectivity index (χ1v) is 3.33. The van der Waals surface area contributed by atoms with E-state index in [-0.39, 0.29) is 24.6 Å². The number of β-lactam (4-membered cyclic amide) rings is 1. The minimum absolute atomic E-state index is 0.0124. The first-order valence-electron chi connectivity index (χ1n) is 3.33. The number of aliphatic hydroxyl groups is 1. The molecule has 1 aliphatic rings. The molecule has 1 rings (SSSR count). The van der Waals surface area contributed by atoms with E-state index >= 15 is 0 Å². The van der Waals surface area contributed by atoms with Gasteiger partial charge in [0, 0.05) is 6.54 Å². The van der Waals surface area contributed by atoms with Gasteiger partial charge in [0.2, 0.25) is 5.91 Å². The number of aliphatic hydroxyl groups excluding tert-OH is 1. The molecule has 0 spiro atoms. The Morgan fingerprint density at radius 3 is 2.90 bits per heavy atom. The third-order valence-corrected chi connectivity index (χ3v) is 1.79. The maximum absolute atomic E-state index is 10.9. The fourth-order valence-corrected chi connectivity index (χ4v) is 0.976. The Kier molecular flexibility index (Phi) is 1.92. The maximum Gasteiger partial charge on any atom is 0.241 e. The SMILES string of the molecule is CC(CO)N1CC(N)C1=O. The Morgan fingerprint density at radius 2 is 2.60 bits per heavy atom. The largest absolute Gasteiger partial charge is 0.394 e. The lowest BCUT2D eigenvalue weighted by Crippen LogP contribution is -2.64. The van der Waals surface area contributed by atoms with Gasteiger partial charge in [0.15, 0.2) is 0 Å². The zero-order valence-electron chi connectivity index (χ0n) is 5.95. The molecule has 0 radical (unpaired) electrons. The first-order chi connectivity index (χ1) is 4.66. The van der Waals surface area contributed by atoms with Gasteiger partial charge in [-0.1, -0.05) is 0 Å². The minimum Gasteiger partial charge on any atom is -0.394 e. The summed E-state index contributed by atoms with van der Waals surface area (Å²) in [5, 5.41) is 8.64. The predicted molar refractivity (Wildman–Crippen MR) is 36.2 cm³/mol. The van der Waals surface area contributed by atoms with Crippen LogP contribution in [-0.4, -0.2) is 41.1 Å². The van der Waals surface area contributed by atoms with Gasteiger partial charge < -0.3 is 15.7 Å². The normalized spacial score (nSPS) is 28.1. The Hall–Kier alpha value is -0.610. The van der Waals surface area contributed by atoms with Crippen LogP contribution in [-0.2, 0) is 4.79 Å². The molecule has 3 N–H and O–H groups in total. The van der Waals surface area contributed by atoms with Crippen LogP contribution in [0, 0.1) is 0 Å². The summed E-state index contributed by atoms with van der Waals surface area (Å²) in [6.07, 6.45) is 0. The summed E-state index contributed by atoms with van der Waals surface area (Å²) in [4.78, 5) is 12.4. The van der Waals surface area contributed by atoms with Gasteiger partial charge in [0.25, 0.3) is 0 Å². The smallest absolute Gasteiger partial charge is 0.241 e. The molecular formula is C6H12N2O2. The molecule has 0 aromatic heterocycles. The highest BCUT2D eigenvalue weighted by atomic mass is 16.3. The first kappa shape index (κ1) is 7.50. The summed E-state index contributed by atoms with van der Waals surface area (Å²) in [6, 6.07) is -0.402. The van der Waals surface area contributed by atoms with E-state index in [0.717, 1.165) is 0 Å². The molecule has 0 aromatic carbocycles. The average molecular weight is 144 g/mol. The summed E-state index contributed by atoms with van der Waals surface area (Å²) >= 11 is 0. The van der Waals surface area contributed by atoms with E-state index in [2.05, 4.69) is 0 Å². The van der Waals surface area contributed by atoms with Crippen molar-refractivity contribution in [1.29, 1.82) is 0 Å². The lowest BCUT2D eigenvalue weighted by molar-refractivity contribution is -0.146. The molecule has 0 aromatic rings. The zero-order valence-corrected chi connectivity index (χ0v) is 5.95. The van der Waals surface area contributed by atoms with Crippen LogP contribution in [0.25, 0.3) is 0 Å². The molecule has 4 nitrogen and oxygen atoms in total. The van der Waals surface area contributed by atoms with Crippen molar-refractivity contribution in [3.63, 3.8) is 0 Å². The molecule has 1 amide bonds. The van der Waals surface area contributed by atoms with Crippen LogP contribution < -0.4 is 5.73 Å².